The van der Waals surface area contributed by atoms with E-state index < -0.39 is 0 Å². The molecule has 0 unspecified atom stereocenters. The number of hydrogen-bond donors (Lipinski definition) is 1. The van der Waals surface area contributed by atoms with Gasteiger partial charge in [-0.2, -0.15) is 0 Å². The largest absolute Gasteiger partial charge is 0.131 e. The summed E-state index contributed by atoms with van der Waals surface area (Å²) >= 11 is 13.5. The van der Waals surface area contributed by atoms with Crippen molar-refractivity contribution < 1.29 is 0 Å². The Hall–Kier alpha value is 0.530. The molecule has 0 amide bonds. The maximum absolute atomic E-state index is 4.86. The summed E-state index contributed by atoms with van der Waals surface area (Å²) in [5.74, 6) is 0. The second-order valence-electron chi connectivity index (χ2n) is 1.48. The van der Waals surface area contributed by atoms with Crippen molar-refractivity contribution in [2.75, 3.05) is 0 Å². The second kappa shape index (κ2) is 4.41. The maximum atomic E-state index is 4.86. The summed E-state index contributed by atoms with van der Waals surface area (Å²) in [6.45, 7) is 2.07. The quantitative estimate of drug-likeness (QED) is 0.502. The third kappa shape index (κ3) is 3.52. The fraction of sp³-hybridized carbons (Fsp3) is 0.600. The molecule has 0 aliphatic rings. The smallest absolute Gasteiger partial charge is 0.0814 e. The molecule has 3 heteroatoms. The van der Waals surface area contributed by atoms with Gasteiger partial charge in [-0.1, -0.05) is 37.8 Å². The normalized spacial score (nSPS) is 8.75. The van der Waals surface area contributed by atoms with Crippen molar-refractivity contribution in [3.63, 3.8) is 0 Å². The Balaban J connectivity index is 3.49. The van der Waals surface area contributed by atoms with E-state index in [1.165, 1.54) is 0 Å². The van der Waals surface area contributed by atoms with Crippen LogP contribution in [0.25, 0.3) is 0 Å². The van der Waals surface area contributed by atoms with Crippen molar-refractivity contribution >= 4 is 46.1 Å². The molecule has 0 aromatic rings. The minimum absolute atomic E-state index is 0.571. The molecule has 0 aromatic heterocycles. The van der Waals surface area contributed by atoms with E-state index in [2.05, 4.69) is 19.6 Å². The van der Waals surface area contributed by atoms with Crippen LogP contribution in [0.5, 0.6) is 0 Å². The predicted molar refractivity (Wildman–Crippen MR) is 49.1 cm³/mol. The van der Waals surface area contributed by atoms with Crippen LogP contribution in [0, 0.1) is 0 Å². The summed E-state index contributed by atoms with van der Waals surface area (Å²) in [5, 5.41) is 0. The minimum atomic E-state index is 0.571. The van der Waals surface area contributed by atoms with Gasteiger partial charge < -0.3 is 0 Å². The highest BCUT2D eigenvalue weighted by molar-refractivity contribution is 8.16. The van der Waals surface area contributed by atoms with E-state index in [4.69, 9.17) is 24.4 Å². The van der Waals surface area contributed by atoms with Crippen molar-refractivity contribution in [2.24, 2.45) is 0 Å². The van der Waals surface area contributed by atoms with Gasteiger partial charge in [0.05, 0.1) is 4.20 Å². The van der Waals surface area contributed by atoms with Gasteiger partial charge in [-0.15, -0.1) is 12.6 Å². The maximum Gasteiger partial charge on any atom is 0.0814 e. The monoisotopic (exact) mass is 164 g/mol. The van der Waals surface area contributed by atoms with Crippen LogP contribution < -0.4 is 0 Å². The number of hydrogen-bond acceptors (Lipinski definition) is 2. The molecule has 0 heterocycles. The summed E-state index contributed by atoms with van der Waals surface area (Å²) in [7, 11) is 0. The summed E-state index contributed by atoms with van der Waals surface area (Å²) < 4.78 is 0.571. The Kier molecular flexibility index (Phi) is 4.71. The van der Waals surface area contributed by atoms with Gasteiger partial charge in [0, 0.05) is 4.86 Å². The van der Waals surface area contributed by atoms with Crippen LogP contribution in [0.1, 0.15) is 19.8 Å². The Morgan fingerprint density at radius 3 is 2.12 bits per heavy atom. The lowest BCUT2D eigenvalue weighted by Crippen LogP contribution is -1.99. The van der Waals surface area contributed by atoms with E-state index in [1.54, 1.807) is 0 Å². The predicted octanol–water partition coefficient (Wildman–Crippen LogP) is 2.41. The molecule has 46 valence electrons. The average molecular weight is 164 g/mol. The Morgan fingerprint density at radius 2 is 2.00 bits per heavy atom. The van der Waals surface area contributed by atoms with Crippen molar-refractivity contribution in [2.45, 2.75) is 19.8 Å². The summed E-state index contributed by atoms with van der Waals surface area (Å²) in [6.07, 6.45) is 1.96. The van der Waals surface area contributed by atoms with Crippen LogP contribution in [0.4, 0.5) is 0 Å². The first-order chi connectivity index (χ1) is 3.68. The van der Waals surface area contributed by atoms with Gasteiger partial charge in [-0.25, -0.2) is 0 Å². The first-order valence-electron chi connectivity index (χ1n) is 2.44. The molecule has 0 spiro atoms. The molecule has 0 fully saturated rings. The zero-order valence-electron chi connectivity index (χ0n) is 4.68. The van der Waals surface area contributed by atoms with Crippen molar-refractivity contribution in [1.29, 1.82) is 0 Å². The van der Waals surface area contributed by atoms with Crippen LogP contribution in [0.3, 0.4) is 0 Å². The van der Waals surface area contributed by atoms with Crippen LogP contribution >= 0.6 is 37.1 Å². The molecule has 0 radical (unpaired) electrons. The molecule has 8 heavy (non-hydrogen) atoms. The SMILES string of the molecule is CCCC(=S)C(=S)S. The molecular formula is C5H8S3. The van der Waals surface area contributed by atoms with E-state index in [1.807, 2.05) is 0 Å². The molecule has 0 bridgehead atoms. The topological polar surface area (TPSA) is 0 Å². The molecule has 0 N–H and O–H groups in total. The van der Waals surface area contributed by atoms with Gasteiger partial charge in [-0.05, 0) is 6.42 Å². The highest BCUT2D eigenvalue weighted by atomic mass is 32.1. The Morgan fingerprint density at radius 1 is 1.50 bits per heavy atom. The van der Waals surface area contributed by atoms with Crippen molar-refractivity contribution in [3.8, 4) is 0 Å². The summed E-state index contributed by atoms with van der Waals surface area (Å²) in [5.41, 5.74) is 0. The van der Waals surface area contributed by atoms with Crippen LogP contribution in [0.2, 0.25) is 0 Å². The van der Waals surface area contributed by atoms with Gasteiger partial charge in [-0.3, -0.25) is 0 Å². The van der Waals surface area contributed by atoms with Crippen LogP contribution in [-0.2, 0) is 0 Å². The number of thiol groups is 1. The van der Waals surface area contributed by atoms with Gasteiger partial charge in [0.2, 0.25) is 0 Å². The molecule has 0 saturated carbocycles. The molecule has 0 aromatic carbocycles. The zero-order valence-corrected chi connectivity index (χ0v) is 7.21. The lowest BCUT2D eigenvalue weighted by atomic mass is 10.3. The molecule has 0 saturated heterocycles. The van der Waals surface area contributed by atoms with Gasteiger partial charge in [0.1, 0.15) is 0 Å². The lowest BCUT2D eigenvalue weighted by molar-refractivity contribution is 1.01. The third-order valence-corrected chi connectivity index (χ3v) is 1.92. The first kappa shape index (κ1) is 8.53. The fourth-order valence-corrected chi connectivity index (χ4v) is 0.752. The second-order valence-corrected chi connectivity index (χ2v) is 3.13. The van der Waals surface area contributed by atoms with E-state index in [9.17, 15) is 0 Å². The lowest BCUT2D eigenvalue weighted by Gasteiger charge is -1.93. The van der Waals surface area contributed by atoms with E-state index in [0.717, 1.165) is 17.7 Å². The van der Waals surface area contributed by atoms with Gasteiger partial charge in [0.25, 0.3) is 0 Å². The van der Waals surface area contributed by atoms with Crippen LogP contribution in [0.15, 0.2) is 0 Å². The fourth-order valence-electron chi connectivity index (χ4n) is 0.334. The molecule has 0 atom stereocenters. The number of rotatable bonds is 3. The number of thiocarbonyl (C=S) groups is 2. The Bertz CT molecular complexity index is 106. The van der Waals surface area contributed by atoms with Crippen molar-refractivity contribution in [1.82, 2.24) is 0 Å². The first-order valence-corrected chi connectivity index (χ1v) is 3.71. The molecule has 0 rings (SSSR count). The Labute approximate surface area is 66.1 Å². The summed E-state index contributed by atoms with van der Waals surface area (Å²) in [6, 6.07) is 0. The molecule has 0 nitrogen and oxygen atoms in total. The zero-order chi connectivity index (χ0) is 6.57. The van der Waals surface area contributed by atoms with E-state index in [0.29, 0.717) is 4.20 Å². The highest BCUT2D eigenvalue weighted by Gasteiger charge is 1.95. The molecule has 0 aliphatic carbocycles. The van der Waals surface area contributed by atoms with Gasteiger partial charge >= 0.3 is 0 Å². The average Bonchev–Trinajstić information content (AvgIpc) is 1.67. The third-order valence-electron chi connectivity index (χ3n) is 0.716. The molecule has 0 aliphatic heterocycles. The highest BCUT2D eigenvalue weighted by Crippen LogP contribution is 1.97. The van der Waals surface area contributed by atoms with Crippen molar-refractivity contribution in [3.05, 3.63) is 0 Å². The molecular weight excluding hydrogens is 156 g/mol. The summed E-state index contributed by atoms with van der Waals surface area (Å²) in [4.78, 5) is 0.811. The van der Waals surface area contributed by atoms with E-state index >= 15 is 0 Å². The minimum Gasteiger partial charge on any atom is -0.131 e. The standard InChI is InChI=1S/C5H8S3/c1-2-3-4(6)5(7)8/h2-3H2,1H3,(H,7,8). The van der Waals surface area contributed by atoms with Crippen LogP contribution in [-0.4, -0.2) is 9.06 Å². The van der Waals surface area contributed by atoms with Gasteiger partial charge in [0.15, 0.2) is 0 Å². The van der Waals surface area contributed by atoms with E-state index in [-0.39, 0.29) is 0 Å².